The van der Waals surface area contributed by atoms with Gasteiger partial charge in [-0.15, -0.1) is 23.7 Å². The molecule has 0 bridgehead atoms. The highest BCUT2D eigenvalue weighted by atomic mass is 35.5. The zero-order chi connectivity index (χ0) is 13.5. The first-order chi connectivity index (χ1) is 9.79. The van der Waals surface area contributed by atoms with Crippen molar-refractivity contribution in [2.24, 2.45) is 17.6 Å². The summed E-state index contributed by atoms with van der Waals surface area (Å²) < 4.78 is 5.37. The fourth-order valence-corrected chi connectivity index (χ4v) is 4.19. The molecule has 21 heavy (non-hydrogen) atoms. The summed E-state index contributed by atoms with van der Waals surface area (Å²) in [5, 5.41) is 6.08. The summed E-state index contributed by atoms with van der Waals surface area (Å²) in [4.78, 5) is 7.95. The standard InChI is InChI=1S/C14H18N4OS.ClH/c15-11-4-3-9-6-18(7-10(9)11)8-13-16-14(17-19-13)12-2-1-5-20-12;/h1-2,5,9-11H,3-4,6-8,15H2;1H. The summed E-state index contributed by atoms with van der Waals surface area (Å²) in [6, 6.07) is 4.40. The summed E-state index contributed by atoms with van der Waals surface area (Å²) in [6.45, 7) is 2.94. The molecule has 4 rings (SSSR count). The fraction of sp³-hybridized carbons (Fsp3) is 0.571. The molecule has 0 radical (unpaired) electrons. The molecule has 2 aromatic rings. The van der Waals surface area contributed by atoms with Crippen molar-refractivity contribution in [3.05, 3.63) is 23.4 Å². The van der Waals surface area contributed by atoms with Gasteiger partial charge in [0, 0.05) is 19.1 Å². The van der Waals surface area contributed by atoms with Crippen LogP contribution in [-0.2, 0) is 6.54 Å². The molecule has 0 amide bonds. The van der Waals surface area contributed by atoms with Crippen LogP contribution in [0.3, 0.4) is 0 Å². The minimum atomic E-state index is 0. The van der Waals surface area contributed by atoms with E-state index in [1.807, 2.05) is 17.5 Å². The Balaban J connectivity index is 0.00000132. The third-order valence-corrected chi connectivity index (χ3v) is 5.42. The second-order valence-electron chi connectivity index (χ2n) is 5.85. The number of likely N-dealkylation sites (tertiary alicyclic amines) is 1. The van der Waals surface area contributed by atoms with Crippen molar-refractivity contribution in [2.45, 2.75) is 25.4 Å². The van der Waals surface area contributed by atoms with Crippen LogP contribution < -0.4 is 5.73 Å². The Morgan fingerprint density at radius 3 is 3.05 bits per heavy atom. The molecule has 114 valence electrons. The largest absolute Gasteiger partial charge is 0.338 e. The van der Waals surface area contributed by atoms with Crippen molar-refractivity contribution in [1.82, 2.24) is 15.0 Å². The van der Waals surface area contributed by atoms with Gasteiger partial charge in [0.15, 0.2) is 0 Å². The maximum Gasteiger partial charge on any atom is 0.241 e. The maximum atomic E-state index is 6.17. The van der Waals surface area contributed by atoms with E-state index >= 15 is 0 Å². The molecule has 0 spiro atoms. The van der Waals surface area contributed by atoms with Crippen LogP contribution in [0, 0.1) is 11.8 Å². The number of aromatic nitrogens is 2. The number of rotatable bonds is 3. The van der Waals surface area contributed by atoms with E-state index < -0.39 is 0 Å². The van der Waals surface area contributed by atoms with Crippen LogP contribution in [0.4, 0.5) is 0 Å². The zero-order valence-corrected chi connectivity index (χ0v) is 13.3. The first-order valence-corrected chi connectivity index (χ1v) is 8.02. The molecule has 2 N–H and O–H groups in total. The first kappa shape index (κ1) is 15.0. The van der Waals surface area contributed by atoms with Crippen LogP contribution in [0.1, 0.15) is 18.7 Å². The quantitative estimate of drug-likeness (QED) is 0.938. The Bertz CT molecular complexity index is 588. The highest BCUT2D eigenvalue weighted by Crippen LogP contribution is 2.37. The number of nitrogens with two attached hydrogens (primary N) is 1. The van der Waals surface area contributed by atoms with Gasteiger partial charge in [0.25, 0.3) is 0 Å². The maximum absolute atomic E-state index is 6.17. The van der Waals surface area contributed by atoms with Crippen LogP contribution in [0.25, 0.3) is 10.7 Å². The molecular formula is C14H19ClN4OS. The Morgan fingerprint density at radius 2 is 2.29 bits per heavy atom. The van der Waals surface area contributed by atoms with Crippen molar-refractivity contribution in [2.75, 3.05) is 13.1 Å². The topological polar surface area (TPSA) is 68.2 Å². The van der Waals surface area contributed by atoms with E-state index in [4.69, 9.17) is 10.3 Å². The number of hydrogen-bond acceptors (Lipinski definition) is 6. The molecule has 1 aliphatic carbocycles. The smallest absolute Gasteiger partial charge is 0.241 e. The van der Waals surface area contributed by atoms with Gasteiger partial charge in [0.05, 0.1) is 11.4 Å². The number of thiophene rings is 1. The van der Waals surface area contributed by atoms with E-state index in [1.165, 1.54) is 12.8 Å². The fourth-order valence-electron chi connectivity index (χ4n) is 3.55. The van der Waals surface area contributed by atoms with E-state index in [0.29, 0.717) is 23.7 Å². The van der Waals surface area contributed by atoms with Gasteiger partial charge in [-0.25, -0.2) is 0 Å². The van der Waals surface area contributed by atoms with Crippen LogP contribution in [0.5, 0.6) is 0 Å². The van der Waals surface area contributed by atoms with E-state index in [1.54, 1.807) is 11.3 Å². The SMILES string of the molecule is Cl.NC1CCC2CN(Cc3nc(-c4cccs4)no3)CC12. The van der Waals surface area contributed by atoms with E-state index in [2.05, 4.69) is 15.0 Å². The Morgan fingerprint density at radius 1 is 1.38 bits per heavy atom. The van der Waals surface area contributed by atoms with Crippen molar-refractivity contribution in [3.63, 3.8) is 0 Å². The van der Waals surface area contributed by atoms with E-state index in [9.17, 15) is 0 Å². The molecule has 7 heteroatoms. The lowest BCUT2D eigenvalue weighted by atomic mass is 9.98. The van der Waals surface area contributed by atoms with Gasteiger partial charge in [-0.1, -0.05) is 11.2 Å². The normalized spacial score (nSPS) is 28.5. The highest BCUT2D eigenvalue weighted by molar-refractivity contribution is 7.13. The van der Waals surface area contributed by atoms with Crippen LogP contribution >= 0.6 is 23.7 Å². The molecule has 1 saturated heterocycles. The monoisotopic (exact) mass is 326 g/mol. The Kier molecular flexibility index (Phi) is 4.31. The van der Waals surface area contributed by atoms with Gasteiger partial charge in [0.1, 0.15) is 0 Å². The number of halogens is 1. The molecule has 1 aliphatic heterocycles. The van der Waals surface area contributed by atoms with Gasteiger partial charge in [-0.05, 0) is 36.1 Å². The van der Waals surface area contributed by atoms with Gasteiger partial charge in [-0.3, -0.25) is 4.90 Å². The third-order valence-electron chi connectivity index (χ3n) is 4.56. The summed E-state index contributed by atoms with van der Waals surface area (Å²) in [6.07, 6.45) is 2.46. The first-order valence-electron chi connectivity index (χ1n) is 7.14. The van der Waals surface area contributed by atoms with E-state index in [0.717, 1.165) is 30.4 Å². The van der Waals surface area contributed by atoms with Crippen LogP contribution in [-0.4, -0.2) is 34.2 Å². The average Bonchev–Trinajstić information content (AvgIpc) is 3.17. The average molecular weight is 327 g/mol. The molecule has 3 heterocycles. The summed E-state index contributed by atoms with van der Waals surface area (Å²) >= 11 is 1.63. The zero-order valence-electron chi connectivity index (χ0n) is 11.6. The molecule has 1 saturated carbocycles. The predicted octanol–water partition coefficient (Wildman–Crippen LogP) is 2.39. The van der Waals surface area contributed by atoms with Gasteiger partial charge in [-0.2, -0.15) is 4.98 Å². The van der Waals surface area contributed by atoms with E-state index in [-0.39, 0.29) is 12.4 Å². The van der Waals surface area contributed by atoms with Crippen LogP contribution in [0.15, 0.2) is 22.0 Å². The number of nitrogens with zero attached hydrogens (tertiary/aromatic N) is 3. The Hall–Kier alpha value is -0.950. The van der Waals surface area contributed by atoms with Crippen molar-refractivity contribution >= 4 is 23.7 Å². The predicted molar refractivity (Wildman–Crippen MR) is 84.3 cm³/mol. The van der Waals surface area contributed by atoms with Crippen molar-refractivity contribution in [1.29, 1.82) is 0 Å². The minimum absolute atomic E-state index is 0. The van der Waals surface area contributed by atoms with Gasteiger partial charge < -0.3 is 10.3 Å². The summed E-state index contributed by atoms with van der Waals surface area (Å²) in [5.41, 5.74) is 6.17. The molecule has 5 nitrogen and oxygen atoms in total. The minimum Gasteiger partial charge on any atom is -0.338 e. The lowest BCUT2D eigenvalue weighted by molar-refractivity contribution is 0.250. The number of hydrogen-bond donors (Lipinski definition) is 1. The molecule has 3 unspecified atom stereocenters. The third kappa shape index (κ3) is 2.85. The van der Waals surface area contributed by atoms with Crippen molar-refractivity contribution < 1.29 is 4.52 Å². The lowest BCUT2D eigenvalue weighted by Gasteiger charge is -2.15. The van der Waals surface area contributed by atoms with Crippen molar-refractivity contribution in [3.8, 4) is 10.7 Å². The number of fused-ring (bicyclic) bond motifs is 1. The second kappa shape index (κ2) is 6.04. The summed E-state index contributed by atoms with van der Waals surface area (Å²) in [7, 11) is 0. The summed E-state index contributed by atoms with van der Waals surface area (Å²) in [5.74, 6) is 2.84. The van der Waals surface area contributed by atoms with Crippen LogP contribution in [0.2, 0.25) is 0 Å². The molecule has 2 aromatic heterocycles. The van der Waals surface area contributed by atoms with Gasteiger partial charge >= 0.3 is 0 Å². The lowest BCUT2D eigenvalue weighted by Crippen LogP contribution is -2.30. The molecule has 2 aliphatic rings. The van der Waals surface area contributed by atoms with Gasteiger partial charge in [0.2, 0.25) is 11.7 Å². The molecule has 3 atom stereocenters. The molecule has 0 aromatic carbocycles. The molecular weight excluding hydrogens is 308 g/mol. The second-order valence-corrected chi connectivity index (χ2v) is 6.80. The molecule has 2 fully saturated rings. The Labute approximate surface area is 133 Å². The highest BCUT2D eigenvalue weighted by Gasteiger charge is 2.41.